The van der Waals surface area contributed by atoms with Gasteiger partial charge in [0.15, 0.2) is 0 Å². The van der Waals surface area contributed by atoms with Crippen LogP contribution in [0.15, 0.2) is 0 Å². The minimum Gasteiger partial charge on any atom is -0.330 e. The monoisotopic (exact) mass is 200 g/mol. The van der Waals surface area contributed by atoms with Gasteiger partial charge >= 0.3 is 0 Å². The van der Waals surface area contributed by atoms with Gasteiger partial charge in [-0.25, -0.2) is 0 Å². The molecule has 1 rings (SSSR count). The van der Waals surface area contributed by atoms with E-state index in [0.717, 1.165) is 26.2 Å². The number of nitrogens with one attached hydrogen (secondary N) is 1. The lowest BCUT2D eigenvalue weighted by Crippen LogP contribution is -2.65. The smallest absolute Gasteiger partial charge is 0.0455 e. The van der Waals surface area contributed by atoms with E-state index < -0.39 is 0 Å². The molecule has 5 N–H and O–H groups in total. The standard InChI is InChI=1S/C10H24N4/c1-3-9(4-13-2)10(5-11)6-14(7-10)8-12/h9,13H,3-8,11-12H2,1-2H3. The Kier molecular flexibility index (Phi) is 4.31. The lowest BCUT2D eigenvalue weighted by Gasteiger charge is -2.53. The van der Waals surface area contributed by atoms with Gasteiger partial charge in [-0.3, -0.25) is 4.90 Å². The summed E-state index contributed by atoms with van der Waals surface area (Å²) in [6.45, 7) is 6.89. The first-order valence-corrected chi connectivity index (χ1v) is 5.49. The maximum absolute atomic E-state index is 5.90. The van der Waals surface area contributed by atoms with E-state index in [9.17, 15) is 0 Å². The number of hydrogen-bond acceptors (Lipinski definition) is 4. The van der Waals surface area contributed by atoms with Gasteiger partial charge in [0.25, 0.3) is 0 Å². The van der Waals surface area contributed by atoms with Crippen LogP contribution in [0, 0.1) is 11.3 Å². The minimum absolute atomic E-state index is 0.317. The van der Waals surface area contributed by atoms with Crippen molar-refractivity contribution in [1.29, 1.82) is 0 Å². The van der Waals surface area contributed by atoms with Crippen LogP contribution in [-0.2, 0) is 0 Å². The molecule has 84 valence electrons. The summed E-state index contributed by atoms with van der Waals surface area (Å²) in [6, 6.07) is 0. The molecule has 0 bridgehead atoms. The highest BCUT2D eigenvalue weighted by molar-refractivity contribution is 4.99. The topological polar surface area (TPSA) is 67.3 Å². The summed E-state index contributed by atoms with van der Waals surface area (Å²) >= 11 is 0. The van der Waals surface area contributed by atoms with Gasteiger partial charge in [-0.2, -0.15) is 0 Å². The van der Waals surface area contributed by atoms with E-state index in [4.69, 9.17) is 11.5 Å². The van der Waals surface area contributed by atoms with E-state index in [2.05, 4.69) is 17.1 Å². The molecule has 0 aromatic carbocycles. The number of hydrogen-bond donors (Lipinski definition) is 3. The van der Waals surface area contributed by atoms with Crippen LogP contribution in [-0.4, -0.2) is 44.8 Å². The van der Waals surface area contributed by atoms with Crippen LogP contribution in [0.4, 0.5) is 0 Å². The first kappa shape index (κ1) is 11.9. The van der Waals surface area contributed by atoms with E-state index in [1.165, 1.54) is 6.42 Å². The fraction of sp³-hybridized carbons (Fsp3) is 1.00. The summed E-state index contributed by atoms with van der Waals surface area (Å²) in [6.07, 6.45) is 1.19. The molecule has 14 heavy (non-hydrogen) atoms. The van der Waals surface area contributed by atoms with Crippen molar-refractivity contribution >= 4 is 0 Å². The summed E-state index contributed by atoms with van der Waals surface area (Å²) in [7, 11) is 2.01. The first-order chi connectivity index (χ1) is 6.72. The minimum atomic E-state index is 0.317. The Bertz CT molecular complexity index is 166. The van der Waals surface area contributed by atoms with Gasteiger partial charge in [0.05, 0.1) is 0 Å². The van der Waals surface area contributed by atoms with Gasteiger partial charge in [-0.05, 0) is 19.5 Å². The lowest BCUT2D eigenvalue weighted by molar-refractivity contribution is -0.0386. The van der Waals surface area contributed by atoms with E-state index in [-0.39, 0.29) is 0 Å². The third kappa shape index (κ3) is 2.08. The Morgan fingerprint density at radius 2 is 2.07 bits per heavy atom. The van der Waals surface area contributed by atoms with Gasteiger partial charge in [-0.1, -0.05) is 13.3 Å². The van der Waals surface area contributed by atoms with Crippen molar-refractivity contribution in [3.63, 3.8) is 0 Å². The molecule has 1 heterocycles. The molecule has 0 aromatic rings. The number of likely N-dealkylation sites (tertiary alicyclic amines) is 1. The first-order valence-electron chi connectivity index (χ1n) is 5.49. The Labute approximate surface area is 87.0 Å². The zero-order valence-corrected chi connectivity index (χ0v) is 9.42. The highest BCUT2D eigenvalue weighted by atomic mass is 15.3. The molecular weight excluding hydrogens is 176 g/mol. The highest BCUT2D eigenvalue weighted by Crippen LogP contribution is 2.37. The van der Waals surface area contributed by atoms with Crippen molar-refractivity contribution in [3.8, 4) is 0 Å². The Morgan fingerprint density at radius 1 is 1.43 bits per heavy atom. The van der Waals surface area contributed by atoms with Crippen molar-refractivity contribution in [3.05, 3.63) is 0 Å². The normalized spacial score (nSPS) is 23.1. The summed E-state index contributed by atoms with van der Waals surface area (Å²) in [4.78, 5) is 2.26. The van der Waals surface area contributed by atoms with E-state index >= 15 is 0 Å². The van der Waals surface area contributed by atoms with Crippen molar-refractivity contribution < 1.29 is 0 Å². The van der Waals surface area contributed by atoms with Crippen LogP contribution >= 0.6 is 0 Å². The third-order valence-corrected chi connectivity index (χ3v) is 3.55. The Hall–Kier alpha value is -0.160. The van der Waals surface area contributed by atoms with Crippen molar-refractivity contribution in [2.45, 2.75) is 13.3 Å². The largest absolute Gasteiger partial charge is 0.330 e. The molecule has 4 heteroatoms. The zero-order valence-electron chi connectivity index (χ0n) is 9.42. The van der Waals surface area contributed by atoms with Crippen molar-refractivity contribution in [2.75, 3.05) is 39.9 Å². The van der Waals surface area contributed by atoms with Gasteiger partial charge in [0.2, 0.25) is 0 Å². The molecular formula is C10H24N4. The average Bonchev–Trinajstić information content (AvgIpc) is 2.15. The van der Waals surface area contributed by atoms with E-state index in [1.807, 2.05) is 7.05 Å². The van der Waals surface area contributed by atoms with Gasteiger partial charge in [0, 0.05) is 31.7 Å². The molecule has 1 aliphatic rings. The zero-order chi connectivity index (χ0) is 10.6. The van der Waals surface area contributed by atoms with Crippen LogP contribution in [0.5, 0.6) is 0 Å². The summed E-state index contributed by atoms with van der Waals surface area (Å²) in [5.41, 5.74) is 11.8. The second-order valence-electron chi connectivity index (χ2n) is 4.40. The predicted molar refractivity (Wildman–Crippen MR) is 59.8 cm³/mol. The fourth-order valence-corrected chi connectivity index (χ4v) is 2.57. The van der Waals surface area contributed by atoms with Gasteiger partial charge in [0.1, 0.15) is 0 Å². The van der Waals surface area contributed by atoms with Gasteiger partial charge < -0.3 is 16.8 Å². The molecule has 1 saturated heterocycles. The summed E-state index contributed by atoms with van der Waals surface area (Å²) in [5.74, 6) is 0.681. The lowest BCUT2D eigenvalue weighted by atomic mass is 9.68. The van der Waals surface area contributed by atoms with Crippen molar-refractivity contribution in [1.82, 2.24) is 10.2 Å². The predicted octanol–water partition coefficient (Wildman–Crippen LogP) is -0.591. The molecule has 0 aromatic heterocycles. The second-order valence-corrected chi connectivity index (χ2v) is 4.40. The quantitative estimate of drug-likeness (QED) is 0.536. The number of nitrogens with two attached hydrogens (primary N) is 2. The number of nitrogens with zero attached hydrogens (tertiary/aromatic N) is 1. The third-order valence-electron chi connectivity index (χ3n) is 3.55. The number of rotatable bonds is 6. The van der Waals surface area contributed by atoms with Crippen LogP contribution in [0.1, 0.15) is 13.3 Å². The molecule has 0 saturated carbocycles. The molecule has 4 nitrogen and oxygen atoms in total. The van der Waals surface area contributed by atoms with Crippen LogP contribution < -0.4 is 16.8 Å². The summed E-state index contributed by atoms with van der Waals surface area (Å²) in [5, 5.41) is 3.25. The molecule has 1 aliphatic heterocycles. The fourth-order valence-electron chi connectivity index (χ4n) is 2.57. The molecule has 1 fully saturated rings. The molecule has 0 radical (unpaired) electrons. The van der Waals surface area contributed by atoms with Crippen LogP contribution in [0.25, 0.3) is 0 Å². The van der Waals surface area contributed by atoms with E-state index in [1.54, 1.807) is 0 Å². The van der Waals surface area contributed by atoms with E-state index in [0.29, 0.717) is 18.0 Å². The van der Waals surface area contributed by atoms with Crippen LogP contribution in [0.2, 0.25) is 0 Å². The van der Waals surface area contributed by atoms with Gasteiger partial charge in [-0.15, -0.1) is 0 Å². The molecule has 1 atom stereocenters. The van der Waals surface area contributed by atoms with Crippen LogP contribution in [0.3, 0.4) is 0 Å². The van der Waals surface area contributed by atoms with Crippen molar-refractivity contribution in [2.24, 2.45) is 22.8 Å². The molecule has 0 amide bonds. The SMILES string of the molecule is CCC(CNC)C1(CN)CN(CN)C1. The summed E-state index contributed by atoms with van der Waals surface area (Å²) < 4.78 is 0. The average molecular weight is 200 g/mol. The maximum Gasteiger partial charge on any atom is 0.0455 e. The maximum atomic E-state index is 5.90. The molecule has 1 unspecified atom stereocenters. The molecule has 0 spiro atoms. The molecule has 0 aliphatic carbocycles. The Balaban J connectivity index is 2.52. The second kappa shape index (κ2) is 5.07. The Morgan fingerprint density at radius 3 is 2.43 bits per heavy atom. The highest BCUT2D eigenvalue weighted by Gasteiger charge is 2.45.